The Labute approximate surface area is 214 Å². The maximum atomic E-state index is 12.8. The normalized spacial score (nSPS) is 12.2. The van der Waals surface area contributed by atoms with Gasteiger partial charge >= 0.3 is 0 Å². The van der Waals surface area contributed by atoms with E-state index in [1.807, 2.05) is 56.3 Å². The molecular weight excluding hydrogens is 446 g/mol. The average Bonchev–Trinajstić information content (AvgIpc) is 3.23. The number of hydrogen-bond donors (Lipinski definition) is 1. The number of aromatic nitrogens is 2. The Bertz CT molecular complexity index is 1320. The van der Waals surface area contributed by atoms with E-state index in [1.165, 1.54) is 11.1 Å². The summed E-state index contributed by atoms with van der Waals surface area (Å²) < 4.78 is 8.43. The number of imidazole rings is 1. The van der Waals surface area contributed by atoms with E-state index < -0.39 is 0 Å². The van der Waals surface area contributed by atoms with Crippen LogP contribution in [-0.4, -0.2) is 22.1 Å². The summed E-state index contributed by atoms with van der Waals surface area (Å²) >= 11 is 0. The number of hydrogen-bond acceptors (Lipinski definition) is 3. The van der Waals surface area contributed by atoms with Crippen molar-refractivity contribution in [3.8, 4) is 5.75 Å². The molecule has 1 atom stereocenters. The molecule has 5 nitrogen and oxygen atoms in total. The zero-order valence-corrected chi connectivity index (χ0v) is 22.0. The van der Waals surface area contributed by atoms with E-state index in [4.69, 9.17) is 9.72 Å². The smallest absolute Gasteiger partial charge is 0.251 e. The Hall–Kier alpha value is -3.60. The maximum Gasteiger partial charge on any atom is 0.251 e. The van der Waals surface area contributed by atoms with Gasteiger partial charge in [0.2, 0.25) is 0 Å². The summed E-state index contributed by atoms with van der Waals surface area (Å²) in [4.78, 5) is 17.7. The molecule has 1 unspecified atom stereocenters. The highest BCUT2D eigenvalue weighted by molar-refractivity contribution is 5.94. The van der Waals surface area contributed by atoms with Crippen LogP contribution in [0, 0.1) is 13.8 Å². The molecule has 1 aromatic heterocycles. The predicted octanol–water partition coefficient (Wildman–Crippen LogP) is 7.13. The van der Waals surface area contributed by atoms with Gasteiger partial charge in [-0.2, -0.15) is 0 Å². The van der Waals surface area contributed by atoms with Crippen molar-refractivity contribution >= 4 is 16.9 Å². The number of benzene rings is 3. The van der Waals surface area contributed by atoms with Crippen molar-refractivity contribution in [1.29, 1.82) is 0 Å². The molecule has 5 heteroatoms. The second-order valence-electron chi connectivity index (χ2n) is 9.92. The number of unbranched alkanes of at least 4 members (excludes halogenated alkanes) is 1. The van der Waals surface area contributed by atoms with Crippen LogP contribution >= 0.6 is 0 Å². The van der Waals surface area contributed by atoms with Gasteiger partial charge in [-0.05, 0) is 81.0 Å². The summed E-state index contributed by atoms with van der Waals surface area (Å²) in [6, 6.07) is 22.0. The molecule has 0 aliphatic carbocycles. The highest BCUT2D eigenvalue weighted by Gasteiger charge is 2.19. The first-order valence-electron chi connectivity index (χ1n) is 12.9. The molecular formula is C31H37N3O2. The number of fused-ring (bicyclic) bond motifs is 1. The third kappa shape index (κ3) is 5.96. The van der Waals surface area contributed by atoms with Crippen LogP contribution in [0.3, 0.4) is 0 Å². The zero-order chi connectivity index (χ0) is 25.7. The molecule has 0 spiro atoms. The summed E-state index contributed by atoms with van der Waals surface area (Å²) in [5.41, 5.74) is 6.29. The molecule has 4 aromatic rings. The first-order chi connectivity index (χ1) is 17.3. The lowest BCUT2D eigenvalue weighted by atomic mass is 10.0. The number of para-hydroxylation sites is 2. The van der Waals surface area contributed by atoms with Crippen LogP contribution in [0.4, 0.5) is 0 Å². The molecule has 0 bridgehead atoms. The van der Waals surface area contributed by atoms with E-state index in [9.17, 15) is 4.79 Å². The molecule has 188 valence electrons. The standard InChI is InChI=1S/C31H37N3O2/c1-21(2)26-17-14-23(4)20-29(26)36-19-9-8-18-34-28-11-7-6-10-27(28)33-30(34)24(5)32-31(35)25-15-12-22(3)13-16-25/h6-7,10-17,20-21,24H,8-9,18-19H2,1-5H3,(H,32,35). The lowest BCUT2D eigenvalue weighted by molar-refractivity contribution is 0.0937. The molecule has 36 heavy (non-hydrogen) atoms. The molecule has 0 saturated carbocycles. The quantitative estimate of drug-likeness (QED) is 0.244. The fourth-order valence-electron chi connectivity index (χ4n) is 4.51. The minimum absolute atomic E-state index is 0.0892. The van der Waals surface area contributed by atoms with Gasteiger partial charge in [0, 0.05) is 12.1 Å². The topological polar surface area (TPSA) is 56.2 Å². The highest BCUT2D eigenvalue weighted by Crippen LogP contribution is 2.28. The van der Waals surface area contributed by atoms with Crippen LogP contribution in [0.1, 0.15) is 78.4 Å². The van der Waals surface area contributed by atoms with Gasteiger partial charge in [-0.25, -0.2) is 4.98 Å². The lowest BCUT2D eigenvalue weighted by Gasteiger charge is -2.17. The number of amides is 1. The van der Waals surface area contributed by atoms with Crippen LogP contribution in [-0.2, 0) is 6.54 Å². The van der Waals surface area contributed by atoms with Gasteiger partial charge in [-0.15, -0.1) is 0 Å². The van der Waals surface area contributed by atoms with E-state index in [0.29, 0.717) is 18.1 Å². The molecule has 0 radical (unpaired) electrons. The molecule has 1 N–H and O–H groups in total. The van der Waals surface area contributed by atoms with Crippen molar-refractivity contribution in [3.05, 3.63) is 94.8 Å². The Morgan fingerprint density at radius 2 is 1.67 bits per heavy atom. The van der Waals surface area contributed by atoms with Crippen LogP contribution in [0.15, 0.2) is 66.7 Å². The molecule has 0 fully saturated rings. The Kier molecular flexibility index (Phi) is 8.09. The molecule has 4 rings (SSSR count). The third-order valence-electron chi connectivity index (χ3n) is 6.56. The maximum absolute atomic E-state index is 12.8. The van der Waals surface area contributed by atoms with Crippen molar-refractivity contribution in [3.63, 3.8) is 0 Å². The average molecular weight is 484 g/mol. The molecule has 3 aromatic carbocycles. The first-order valence-corrected chi connectivity index (χ1v) is 12.9. The summed E-state index contributed by atoms with van der Waals surface area (Å²) in [5, 5.41) is 3.13. The van der Waals surface area contributed by atoms with Crippen LogP contribution in [0.2, 0.25) is 0 Å². The summed E-state index contributed by atoms with van der Waals surface area (Å²) in [7, 11) is 0. The number of aryl methyl sites for hydroxylation is 3. The van der Waals surface area contributed by atoms with Crippen LogP contribution < -0.4 is 10.1 Å². The minimum atomic E-state index is -0.219. The van der Waals surface area contributed by atoms with Gasteiger partial charge in [0.05, 0.1) is 23.7 Å². The SMILES string of the molecule is Cc1ccc(C(=O)NC(C)c2nc3ccccc3n2CCCCOc2cc(C)ccc2C(C)C)cc1. The van der Waals surface area contributed by atoms with Gasteiger partial charge in [0.1, 0.15) is 11.6 Å². The number of carbonyl (C=O) groups excluding carboxylic acids is 1. The Balaban J connectivity index is 1.42. The van der Waals surface area contributed by atoms with E-state index in [2.05, 4.69) is 54.9 Å². The Morgan fingerprint density at radius 3 is 2.42 bits per heavy atom. The van der Waals surface area contributed by atoms with Crippen molar-refractivity contribution in [1.82, 2.24) is 14.9 Å². The van der Waals surface area contributed by atoms with E-state index in [-0.39, 0.29) is 11.9 Å². The van der Waals surface area contributed by atoms with Crippen molar-refractivity contribution in [2.24, 2.45) is 0 Å². The number of carbonyl (C=O) groups is 1. The summed E-state index contributed by atoms with van der Waals surface area (Å²) in [6.45, 7) is 12.0. The number of nitrogens with one attached hydrogen (secondary N) is 1. The van der Waals surface area contributed by atoms with Gasteiger partial charge in [0.15, 0.2) is 0 Å². The summed E-state index contributed by atoms with van der Waals surface area (Å²) in [6.07, 6.45) is 1.89. The second kappa shape index (κ2) is 11.4. The monoisotopic (exact) mass is 483 g/mol. The second-order valence-corrected chi connectivity index (χ2v) is 9.92. The zero-order valence-electron chi connectivity index (χ0n) is 22.0. The van der Waals surface area contributed by atoms with Crippen molar-refractivity contribution in [2.75, 3.05) is 6.61 Å². The van der Waals surface area contributed by atoms with Gasteiger partial charge in [0.25, 0.3) is 5.91 Å². The van der Waals surface area contributed by atoms with Gasteiger partial charge in [-0.3, -0.25) is 4.79 Å². The fraction of sp³-hybridized carbons (Fsp3) is 0.355. The lowest BCUT2D eigenvalue weighted by Crippen LogP contribution is -2.28. The first kappa shape index (κ1) is 25.5. The van der Waals surface area contributed by atoms with Crippen molar-refractivity contribution < 1.29 is 9.53 Å². The Morgan fingerprint density at radius 1 is 0.944 bits per heavy atom. The third-order valence-corrected chi connectivity index (χ3v) is 6.56. The highest BCUT2D eigenvalue weighted by atomic mass is 16.5. The van der Waals surface area contributed by atoms with Crippen molar-refractivity contribution in [2.45, 2.75) is 66.0 Å². The fourth-order valence-corrected chi connectivity index (χ4v) is 4.51. The number of ether oxygens (including phenoxy) is 1. The summed E-state index contributed by atoms with van der Waals surface area (Å²) in [5.74, 6) is 2.20. The van der Waals surface area contributed by atoms with E-state index >= 15 is 0 Å². The van der Waals surface area contributed by atoms with Gasteiger partial charge < -0.3 is 14.6 Å². The molecule has 1 heterocycles. The molecule has 0 saturated heterocycles. The number of rotatable bonds is 10. The largest absolute Gasteiger partial charge is 0.493 e. The minimum Gasteiger partial charge on any atom is -0.493 e. The molecule has 0 aliphatic rings. The van der Waals surface area contributed by atoms with Crippen LogP contribution in [0.25, 0.3) is 11.0 Å². The predicted molar refractivity (Wildman–Crippen MR) is 147 cm³/mol. The molecule has 1 amide bonds. The van der Waals surface area contributed by atoms with Crippen LogP contribution in [0.5, 0.6) is 5.75 Å². The van der Waals surface area contributed by atoms with Gasteiger partial charge in [-0.1, -0.05) is 55.8 Å². The van der Waals surface area contributed by atoms with E-state index in [0.717, 1.165) is 47.6 Å². The molecule has 0 aliphatic heterocycles. The van der Waals surface area contributed by atoms with E-state index in [1.54, 1.807) is 0 Å². The number of nitrogens with zero attached hydrogens (tertiary/aromatic N) is 2.